The SMILES string of the molecule is CCNC(=O)N1CCCc2ccc(N)cc21. The van der Waals surface area contributed by atoms with Crippen molar-refractivity contribution in [3.05, 3.63) is 23.8 Å². The minimum atomic E-state index is -0.0333. The molecule has 2 rings (SSSR count). The fourth-order valence-corrected chi connectivity index (χ4v) is 2.05. The van der Waals surface area contributed by atoms with E-state index in [9.17, 15) is 4.79 Å². The van der Waals surface area contributed by atoms with Crippen LogP contribution in [0.3, 0.4) is 0 Å². The molecule has 0 aromatic heterocycles. The van der Waals surface area contributed by atoms with Gasteiger partial charge in [-0.1, -0.05) is 6.07 Å². The van der Waals surface area contributed by atoms with Crippen LogP contribution in [0, 0.1) is 0 Å². The van der Waals surface area contributed by atoms with E-state index < -0.39 is 0 Å². The Morgan fingerprint density at radius 3 is 3.12 bits per heavy atom. The number of urea groups is 1. The highest BCUT2D eigenvalue weighted by Crippen LogP contribution is 2.28. The molecule has 1 aromatic carbocycles. The van der Waals surface area contributed by atoms with Crippen LogP contribution in [0.4, 0.5) is 16.2 Å². The number of fused-ring (bicyclic) bond motifs is 1. The summed E-state index contributed by atoms with van der Waals surface area (Å²) < 4.78 is 0. The van der Waals surface area contributed by atoms with Crippen LogP contribution in [0.15, 0.2) is 18.2 Å². The molecule has 0 radical (unpaired) electrons. The monoisotopic (exact) mass is 219 g/mol. The molecule has 0 saturated heterocycles. The van der Waals surface area contributed by atoms with Crippen molar-refractivity contribution in [2.45, 2.75) is 19.8 Å². The number of rotatable bonds is 1. The summed E-state index contributed by atoms with van der Waals surface area (Å²) in [6, 6.07) is 5.74. The standard InChI is InChI=1S/C12H17N3O/c1-2-14-12(16)15-7-3-4-9-5-6-10(13)8-11(9)15/h5-6,8H,2-4,7,13H2,1H3,(H,14,16). The minimum Gasteiger partial charge on any atom is -0.399 e. The van der Waals surface area contributed by atoms with E-state index in [1.54, 1.807) is 4.90 Å². The van der Waals surface area contributed by atoms with E-state index in [0.29, 0.717) is 12.2 Å². The first kappa shape index (κ1) is 10.8. The van der Waals surface area contributed by atoms with E-state index in [1.807, 2.05) is 25.1 Å². The van der Waals surface area contributed by atoms with Crippen LogP contribution in [0.5, 0.6) is 0 Å². The second-order valence-electron chi connectivity index (χ2n) is 3.98. The van der Waals surface area contributed by atoms with E-state index >= 15 is 0 Å². The van der Waals surface area contributed by atoms with Crippen molar-refractivity contribution in [2.75, 3.05) is 23.7 Å². The van der Waals surface area contributed by atoms with E-state index in [-0.39, 0.29) is 6.03 Å². The molecule has 1 aliphatic heterocycles. The summed E-state index contributed by atoms with van der Waals surface area (Å²) in [5.41, 5.74) is 8.62. The van der Waals surface area contributed by atoms with Crippen LogP contribution >= 0.6 is 0 Å². The third-order valence-electron chi connectivity index (χ3n) is 2.80. The fraction of sp³-hybridized carbons (Fsp3) is 0.417. The molecule has 16 heavy (non-hydrogen) atoms. The number of nitrogens with one attached hydrogen (secondary N) is 1. The van der Waals surface area contributed by atoms with E-state index in [0.717, 1.165) is 25.1 Å². The molecule has 86 valence electrons. The van der Waals surface area contributed by atoms with Crippen molar-refractivity contribution in [3.63, 3.8) is 0 Å². The summed E-state index contributed by atoms with van der Waals surface area (Å²) >= 11 is 0. The number of aryl methyl sites for hydroxylation is 1. The van der Waals surface area contributed by atoms with Gasteiger partial charge in [-0.2, -0.15) is 0 Å². The zero-order valence-corrected chi connectivity index (χ0v) is 9.49. The third-order valence-corrected chi connectivity index (χ3v) is 2.80. The number of amides is 2. The number of anilines is 2. The van der Waals surface area contributed by atoms with Crippen LogP contribution in [0.25, 0.3) is 0 Å². The average molecular weight is 219 g/mol. The Kier molecular flexibility index (Phi) is 2.99. The molecule has 3 N–H and O–H groups in total. The highest BCUT2D eigenvalue weighted by molar-refractivity contribution is 5.93. The van der Waals surface area contributed by atoms with Gasteiger partial charge in [-0.25, -0.2) is 4.79 Å². The van der Waals surface area contributed by atoms with Gasteiger partial charge in [0.15, 0.2) is 0 Å². The van der Waals surface area contributed by atoms with Crippen LogP contribution in [-0.2, 0) is 6.42 Å². The number of carbonyl (C=O) groups excluding carboxylic acids is 1. The average Bonchev–Trinajstić information content (AvgIpc) is 2.28. The molecule has 0 spiro atoms. The lowest BCUT2D eigenvalue weighted by Gasteiger charge is -2.29. The number of nitrogens with two attached hydrogens (primary N) is 1. The molecular weight excluding hydrogens is 202 g/mol. The second-order valence-corrected chi connectivity index (χ2v) is 3.98. The van der Waals surface area contributed by atoms with E-state index in [4.69, 9.17) is 5.73 Å². The molecule has 0 fully saturated rings. The lowest BCUT2D eigenvalue weighted by atomic mass is 10.0. The number of carbonyl (C=O) groups is 1. The first-order chi connectivity index (χ1) is 7.72. The molecule has 0 aliphatic carbocycles. The molecule has 4 nitrogen and oxygen atoms in total. The highest BCUT2D eigenvalue weighted by Gasteiger charge is 2.21. The van der Waals surface area contributed by atoms with Crippen LogP contribution < -0.4 is 16.0 Å². The number of nitrogens with zero attached hydrogens (tertiary/aromatic N) is 1. The molecule has 1 aromatic rings. The van der Waals surface area contributed by atoms with E-state index in [1.165, 1.54) is 5.56 Å². The lowest BCUT2D eigenvalue weighted by molar-refractivity contribution is 0.246. The van der Waals surface area contributed by atoms with Crippen molar-refractivity contribution >= 4 is 17.4 Å². The second kappa shape index (κ2) is 4.43. The third kappa shape index (κ3) is 1.96. The largest absolute Gasteiger partial charge is 0.399 e. The van der Waals surface area contributed by atoms with Gasteiger partial charge in [-0.15, -0.1) is 0 Å². The van der Waals surface area contributed by atoms with Crippen molar-refractivity contribution in [1.29, 1.82) is 0 Å². The maximum absolute atomic E-state index is 11.8. The van der Waals surface area contributed by atoms with Gasteiger partial charge in [0.2, 0.25) is 0 Å². The summed E-state index contributed by atoms with van der Waals surface area (Å²) in [6.45, 7) is 3.33. The smallest absolute Gasteiger partial charge is 0.321 e. The zero-order valence-electron chi connectivity index (χ0n) is 9.49. The summed E-state index contributed by atoms with van der Waals surface area (Å²) in [5.74, 6) is 0. The van der Waals surface area contributed by atoms with Gasteiger partial charge in [-0.05, 0) is 37.5 Å². The van der Waals surface area contributed by atoms with Crippen LogP contribution in [0.2, 0.25) is 0 Å². The Labute approximate surface area is 95.4 Å². The zero-order chi connectivity index (χ0) is 11.5. The summed E-state index contributed by atoms with van der Waals surface area (Å²) in [5, 5.41) is 2.82. The minimum absolute atomic E-state index is 0.0333. The Morgan fingerprint density at radius 1 is 1.56 bits per heavy atom. The number of nitrogen functional groups attached to an aromatic ring is 1. The molecule has 4 heteroatoms. The van der Waals surface area contributed by atoms with Gasteiger partial charge < -0.3 is 11.1 Å². The normalized spacial score (nSPS) is 14.4. The van der Waals surface area contributed by atoms with Gasteiger partial charge in [0.25, 0.3) is 0 Å². The highest BCUT2D eigenvalue weighted by atomic mass is 16.2. The van der Waals surface area contributed by atoms with Crippen molar-refractivity contribution < 1.29 is 4.79 Å². The summed E-state index contributed by atoms with van der Waals surface area (Å²) in [7, 11) is 0. The predicted octanol–water partition coefficient (Wildman–Crippen LogP) is 1.75. The van der Waals surface area contributed by atoms with Crippen molar-refractivity contribution in [1.82, 2.24) is 5.32 Å². The first-order valence-electron chi connectivity index (χ1n) is 5.66. The number of hydrogen-bond donors (Lipinski definition) is 2. The lowest BCUT2D eigenvalue weighted by Crippen LogP contribution is -2.42. The molecule has 2 amide bonds. The van der Waals surface area contributed by atoms with Gasteiger partial charge in [0.1, 0.15) is 0 Å². The van der Waals surface area contributed by atoms with Gasteiger partial charge in [0, 0.05) is 18.8 Å². The topological polar surface area (TPSA) is 58.4 Å². The maximum Gasteiger partial charge on any atom is 0.321 e. The Balaban J connectivity index is 2.31. The van der Waals surface area contributed by atoms with Crippen molar-refractivity contribution in [3.8, 4) is 0 Å². The molecule has 0 saturated carbocycles. The molecule has 1 aliphatic rings. The van der Waals surface area contributed by atoms with Gasteiger partial charge in [-0.3, -0.25) is 4.90 Å². The van der Waals surface area contributed by atoms with Gasteiger partial charge >= 0.3 is 6.03 Å². The summed E-state index contributed by atoms with van der Waals surface area (Å²) in [4.78, 5) is 13.6. The van der Waals surface area contributed by atoms with Crippen molar-refractivity contribution in [2.24, 2.45) is 0 Å². The number of benzene rings is 1. The molecular formula is C12H17N3O. The molecule has 1 heterocycles. The molecule has 0 bridgehead atoms. The fourth-order valence-electron chi connectivity index (χ4n) is 2.05. The molecule has 0 unspecified atom stereocenters. The van der Waals surface area contributed by atoms with Crippen LogP contribution in [0.1, 0.15) is 18.9 Å². The Hall–Kier alpha value is -1.71. The van der Waals surface area contributed by atoms with Crippen LogP contribution in [-0.4, -0.2) is 19.1 Å². The Bertz CT molecular complexity index is 403. The number of hydrogen-bond acceptors (Lipinski definition) is 2. The van der Waals surface area contributed by atoms with Gasteiger partial charge in [0.05, 0.1) is 5.69 Å². The Morgan fingerprint density at radius 2 is 2.38 bits per heavy atom. The van der Waals surface area contributed by atoms with E-state index in [2.05, 4.69) is 5.32 Å². The quantitative estimate of drug-likeness (QED) is 0.707. The molecule has 0 atom stereocenters. The first-order valence-corrected chi connectivity index (χ1v) is 5.66. The maximum atomic E-state index is 11.8. The predicted molar refractivity (Wildman–Crippen MR) is 65.6 cm³/mol. The summed E-state index contributed by atoms with van der Waals surface area (Å²) in [6.07, 6.45) is 2.03.